The van der Waals surface area contributed by atoms with Crippen LogP contribution in [0.2, 0.25) is 0 Å². The van der Waals surface area contributed by atoms with Crippen LogP contribution in [0, 0.1) is 0 Å². The first kappa shape index (κ1) is 17.9. The van der Waals surface area contributed by atoms with Crippen LogP contribution in [0.5, 0.6) is 0 Å². The Morgan fingerprint density at radius 1 is 1.00 bits per heavy atom. The molecule has 0 radical (unpaired) electrons. The Kier molecular flexibility index (Phi) is 5.52. The quantitative estimate of drug-likeness (QED) is 0.528. The van der Waals surface area contributed by atoms with Crippen molar-refractivity contribution in [3.05, 3.63) is 60.2 Å². The molecule has 0 fully saturated rings. The number of esters is 1. The maximum Gasteiger partial charge on any atom is 0.328 e. The number of hydrogen-bond acceptors (Lipinski definition) is 3. The number of benzene rings is 3. The molecular weight excluding hydrogens is 326 g/mol. The van der Waals surface area contributed by atoms with Gasteiger partial charge in [-0.3, -0.25) is 4.79 Å². The number of hydrogen-bond donors (Lipinski definition) is 1. The molecule has 0 aliphatic rings. The molecule has 3 aromatic rings. The zero-order chi connectivity index (χ0) is 18.5. The van der Waals surface area contributed by atoms with Gasteiger partial charge >= 0.3 is 5.97 Å². The van der Waals surface area contributed by atoms with Crippen molar-refractivity contribution in [3.8, 4) is 0 Å². The predicted molar refractivity (Wildman–Crippen MR) is 104 cm³/mol. The fourth-order valence-electron chi connectivity index (χ4n) is 3.29. The summed E-state index contributed by atoms with van der Waals surface area (Å²) in [5.41, 5.74) is 0.601. The molecule has 0 aromatic heterocycles. The lowest BCUT2D eigenvalue weighted by atomic mass is 9.96. The van der Waals surface area contributed by atoms with Crippen LogP contribution in [0.4, 0.5) is 0 Å². The lowest BCUT2D eigenvalue weighted by Crippen LogP contribution is -2.41. The van der Waals surface area contributed by atoms with Crippen molar-refractivity contribution in [2.24, 2.45) is 0 Å². The predicted octanol–water partition coefficient (Wildman–Crippen LogP) is 4.45. The van der Waals surface area contributed by atoms with Gasteiger partial charge in [0, 0.05) is 0 Å². The summed E-state index contributed by atoms with van der Waals surface area (Å²) in [6, 6.07) is 17.1. The van der Waals surface area contributed by atoms with E-state index in [1.807, 2.05) is 55.5 Å². The summed E-state index contributed by atoms with van der Waals surface area (Å²) in [5.74, 6) is -0.652. The van der Waals surface area contributed by atoms with Crippen LogP contribution in [0.3, 0.4) is 0 Å². The van der Waals surface area contributed by atoms with Gasteiger partial charge in [-0.1, -0.05) is 68.3 Å². The highest BCUT2D eigenvalue weighted by atomic mass is 16.5. The van der Waals surface area contributed by atoms with Gasteiger partial charge < -0.3 is 10.1 Å². The zero-order valence-corrected chi connectivity index (χ0v) is 15.1. The SMILES string of the molecule is CCCC[C@@H](NC(=O)c1c2ccccc2cc2ccccc12)C(=O)OC. The lowest BCUT2D eigenvalue weighted by molar-refractivity contribution is -0.143. The van der Waals surface area contributed by atoms with Crippen LogP contribution in [0.1, 0.15) is 36.5 Å². The van der Waals surface area contributed by atoms with E-state index in [-0.39, 0.29) is 5.91 Å². The molecule has 1 atom stereocenters. The number of nitrogens with one attached hydrogen (secondary N) is 1. The van der Waals surface area contributed by atoms with Crippen molar-refractivity contribution in [1.29, 1.82) is 0 Å². The summed E-state index contributed by atoms with van der Waals surface area (Å²) in [6.07, 6.45) is 2.36. The van der Waals surface area contributed by atoms with Gasteiger partial charge in [-0.15, -0.1) is 0 Å². The van der Waals surface area contributed by atoms with Crippen LogP contribution in [0.15, 0.2) is 54.6 Å². The third kappa shape index (κ3) is 3.54. The largest absolute Gasteiger partial charge is 0.467 e. The number of rotatable bonds is 6. The van der Waals surface area contributed by atoms with E-state index in [0.29, 0.717) is 12.0 Å². The van der Waals surface area contributed by atoms with E-state index in [4.69, 9.17) is 4.74 Å². The van der Waals surface area contributed by atoms with E-state index < -0.39 is 12.0 Å². The first-order valence-electron chi connectivity index (χ1n) is 8.95. The average Bonchev–Trinajstić information content (AvgIpc) is 2.68. The molecule has 0 bridgehead atoms. The Morgan fingerprint density at radius 3 is 2.12 bits per heavy atom. The molecule has 3 aromatic carbocycles. The van der Waals surface area contributed by atoms with Gasteiger partial charge in [0.2, 0.25) is 0 Å². The first-order chi connectivity index (χ1) is 12.7. The van der Waals surface area contributed by atoms with Gasteiger partial charge in [-0.2, -0.15) is 0 Å². The summed E-state index contributed by atoms with van der Waals surface area (Å²) in [4.78, 5) is 25.2. The van der Waals surface area contributed by atoms with Crippen molar-refractivity contribution >= 4 is 33.4 Å². The van der Waals surface area contributed by atoms with Gasteiger partial charge in [0.1, 0.15) is 6.04 Å². The molecule has 0 saturated heterocycles. The molecular formula is C22H23NO3. The van der Waals surface area contributed by atoms with E-state index >= 15 is 0 Å². The lowest BCUT2D eigenvalue weighted by Gasteiger charge is -2.18. The van der Waals surface area contributed by atoms with Gasteiger partial charge in [0.05, 0.1) is 12.7 Å². The monoisotopic (exact) mass is 349 g/mol. The number of fused-ring (bicyclic) bond motifs is 2. The standard InChI is InChI=1S/C22H23NO3/c1-3-4-13-19(22(25)26-2)23-21(24)20-17-11-7-5-9-15(17)14-16-10-6-8-12-18(16)20/h5-12,14,19H,3-4,13H2,1-2H3,(H,23,24)/t19-/m1/s1. The Hall–Kier alpha value is -2.88. The third-order valence-corrected chi connectivity index (χ3v) is 4.64. The van der Waals surface area contributed by atoms with Crippen molar-refractivity contribution in [2.45, 2.75) is 32.2 Å². The maximum atomic E-state index is 13.1. The Labute approximate surface area is 153 Å². The van der Waals surface area contributed by atoms with Crippen molar-refractivity contribution in [1.82, 2.24) is 5.32 Å². The van der Waals surface area contributed by atoms with Crippen molar-refractivity contribution in [2.75, 3.05) is 7.11 Å². The normalized spacial score (nSPS) is 12.1. The molecule has 0 saturated carbocycles. The molecule has 4 nitrogen and oxygen atoms in total. The van der Waals surface area contributed by atoms with Gasteiger partial charge in [0.15, 0.2) is 0 Å². The van der Waals surface area contributed by atoms with E-state index in [9.17, 15) is 9.59 Å². The van der Waals surface area contributed by atoms with Crippen molar-refractivity contribution in [3.63, 3.8) is 0 Å². The molecule has 1 N–H and O–H groups in total. The van der Waals surface area contributed by atoms with E-state index in [2.05, 4.69) is 11.4 Å². The van der Waals surface area contributed by atoms with Crippen LogP contribution in [-0.4, -0.2) is 25.0 Å². The maximum absolute atomic E-state index is 13.1. The van der Waals surface area contributed by atoms with E-state index in [1.165, 1.54) is 7.11 Å². The highest BCUT2D eigenvalue weighted by molar-refractivity contribution is 6.18. The molecule has 0 unspecified atom stereocenters. The van der Waals surface area contributed by atoms with Crippen LogP contribution >= 0.6 is 0 Å². The van der Waals surface area contributed by atoms with Gasteiger partial charge in [0.25, 0.3) is 5.91 Å². The minimum absolute atomic E-state index is 0.246. The summed E-state index contributed by atoms with van der Waals surface area (Å²) in [7, 11) is 1.35. The number of ether oxygens (including phenoxy) is 1. The average molecular weight is 349 g/mol. The molecule has 0 aliphatic carbocycles. The second-order valence-electron chi connectivity index (χ2n) is 6.39. The number of carbonyl (C=O) groups is 2. The molecule has 0 spiro atoms. The second kappa shape index (κ2) is 8.00. The first-order valence-corrected chi connectivity index (χ1v) is 8.95. The molecule has 3 rings (SSSR count). The molecule has 1 amide bonds. The molecule has 0 aliphatic heterocycles. The van der Waals surface area contributed by atoms with E-state index in [0.717, 1.165) is 34.4 Å². The van der Waals surface area contributed by atoms with Gasteiger partial charge in [-0.25, -0.2) is 4.79 Å². The summed E-state index contributed by atoms with van der Waals surface area (Å²) in [6.45, 7) is 2.05. The van der Waals surface area contributed by atoms with Crippen LogP contribution in [0.25, 0.3) is 21.5 Å². The highest BCUT2D eigenvalue weighted by Crippen LogP contribution is 2.28. The second-order valence-corrected chi connectivity index (χ2v) is 6.39. The number of carbonyl (C=O) groups excluding carboxylic acids is 2. The number of unbranched alkanes of at least 4 members (excludes halogenated alkanes) is 1. The Balaban J connectivity index is 2.06. The van der Waals surface area contributed by atoms with E-state index in [1.54, 1.807) is 0 Å². The minimum Gasteiger partial charge on any atom is -0.467 e. The smallest absolute Gasteiger partial charge is 0.328 e. The Morgan fingerprint density at radius 2 is 1.58 bits per heavy atom. The topological polar surface area (TPSA) is 55.4 Å². The summed E-state index contributed by atoms with van der Waals surface area (Å²) >= 11 is 0. The number of amides is 1. The number of methoxy groups -OCH3 is 1. The highest BCUT2D eigenvalue weighted by Gasteiger charge is 2.23. The fraction of sp³-hybridized carbons (Fsp3) is 0.273. The molecule has 26 heavy (non-hydrogen) atoms. The third-order valence-electron chi connectivity index (χ3n) is 4.64. The summed E-state index contributed by atoms with van der Waals surface area (Å²) in [5, 5.41) is 6.64. The van der Waals surface area contributed by atoms with Gasteiger partial charge in [-0.05, 0) is 34.0 Å². The molecule has 134 valence electrons. The molecule has 0 heterocycles. The van der Waals surface area contributed by atoms with Crippen LogP contribution < -0.4 is 5.32 Å². The summed E-state index contributed by atoms with van der Waals surface area (Å²) < 4.78 is 4.87. The Bertz CT molecular complexity index is 894. The zero-order valence-electron chi connectivity index (χ0n) is 15.1. The molecule has 4 heteroatoms. The van der Waals surface area contributed by atoms with Crippen LogP contribution in [-0.2, 0) is 9.53 Å². The fourth-order valence-corrected chi connectivity index (χ4v) is 3.29. The minimum atomic E-state index is -0.634. The van der Waals surface area contributed by atoms with Crippen molar-refractivity contribution < 1.29 is 14.3 Å².